The zero-order chi connectivity index (χ0) is 20.8. The van der Waals surface area contributed by atoms with Crippen LogP contribution in [0.15, 0.2) is 47.3 Å². The van der Waals surface area contributed by atoms with Gasteiger partial charge in [0.1, 0.15) is 11.5 Å². The van der Waals surface area contributed by atoms with Crippen molar-refractivity contribution in [2.45, 2.75) is 20.4 Å². The van der Waals surface area contributed by atoms with Crippen molar-refractivity contribution in [3.8, 4) is 17.3 Å². The number of benzene rings is 1. The van der Waals surface area contributed by atoms with E-state index in [0.29, 0.717) is 17.3 Å². The molecule has 1 aromatic carbocycles. The molecule has 0 unspecified atom stereocenters. The Hall–Kier alpha value is -3.62. The first-order valence-corrected chi connectivity index (χ1v) is 9.11. The molecule has 9 nitrogen and oxygen atoms in total. The van der Waals surface area contributed by atoms with E-state index >= 15 is 0 Å². The van der Waals surface area contributed by atoms with E-state index in [1.807, 2.05) is 19.9 Å². The molecule has 3 aromatic rings. The molecule has 3 rings (SSSR count). The molecule has 0 bridgehead atoms. The second-order valence-electron chi connectivity index (χ2n) is 6.41. The number of amides is 1. The quantitative estimate of drug-likeness (QED) is 0.614. The van der Waals surface area contributed by atoms with Crippen LogP contribution in [0.3, 0.4) is 0 Å². The van der Waals surface area contributed by atoms with E-state index in [4.69, 9.17) is 9.47 Å². The Bertz CT molecular complexity index is 1040. The Morgan fingerprint density at radius 2 is 1.79 bits per heavy atom. The fourth-order valence-electron chi connectivity index (χ4n) is 2.75. The fourth-order valence-corrected chi connectivity index (χ4v) is 2.75. The first-order chi connectivity index (χ1) is 14.0. The third-order valence-electron chi connectivity index (χ3n) is 4.15. The average Bonchev–Trinajstić information content (AvgIpc) is 3.06. The molecule has 1 amide bonds. The Labute approximate surface area is 167 Å². The maximum Gasteiger partial charge on any atom is 0.266 e. The number of rotatable bonds is 8. The summed E-state index contributed by atoms with van der Waals surface area (Å²) in [7, 11) is 1.58. The van der Waals surface area contributed by atoms with Gasteiger partial charge in [0.15, 0.2) is 12.4 Å². The number of carbonyl (C=O) groups excluding carboxylic acids is 1. The highest BCUT2D eigenvalue weighted by atomic mass is 16.5. The normalized spacial score (nSPS) is 10.6. The monoisotopic (exact) mass is 397 g/mol. The summed E-state index contributed by atoms with van der Waals surface area (Å²) in [6, 6.07) is 11.9. The predicted octanol–water partition coefficient (Wildman–Crippen LogP) is 1.25. The molecule has 0 saturated carbocycles. The standard InChI is InChI=1S/C20H23N5O4/c1-14-12-15(2)25(22-14)18-8-9-20(27)24(23-18)11-10-21-19(26)13-29-17-6-4-16(28-3)5-7-17/h4-9,12H,10-11,13H2,1-3H3,(H,21,26). The van der Waals surface area contributed by atoms with Crippen LogP contribution >= 0.6 is 0 Å². The summed E-state index contributed by atoms with van der Waals surface area (Å²) in [4.78, 5) is 24.0. The largest absolute Gasteiger partial charge is 0.497 e. The van der Waals surface area contributed by atoms with Crippen molar-refractivity contribution in [2.24, 2.45) is 0 Å². The van der Waals surface area contributed by atoms with Crippen molar-refractivity contribution < 1.29 is 14.3 Å². The van der Waals surface area contributed by atoms with Crippen molar-refractivity contribution in [3.05, 3.63) is 64.2 Å². The van der Waals surface area contributed by atoms with E-state index in [0.717, 1.165) is 11.4 Å². The molecular weight excluding hydrogens is 374 g/mol. The van der Waals surface area contributed by atoms with E-state index in [-0.39, 0.29) is 31.2 Å². The van der Waals surface area contributed by atoms with Crippen LogP contribution < -0.4 is 20.3 Å². The number of nitrogens with zero attached hydrogens (tertiary/aromatic N) is 4. The van der Waals surface area contributed by atoms with Crippen LogP contribution in [-0.4, -0.2) is 45.7 Å². The first kappa shape index (κ1) is 20.1. The topological polar surface area (TPSA) is 100 Å². The smallest absolute Gasteiger partial charge is 0.266 e. The van der Waals surface area contributed by atoms with Crippen LogP contribution in [0.4, 0.5) is 0 Å². The Morgan fingerprint density at radius 1 is 1.07 bits per heavy atom. The molecule has 0 saturated heterocycles. The molecule has 0 fully saturated rings. The number of carbonyl (C=O) groups is 1. The lowest BCUT2D eigenvalue weighted by molar-refractivity contribution is -0.123. The van der Waals surface area contributed by atoms with Gasteiger partial charge in [-0.1, -0.05) is 0 Å². The van der Waals surface area contributed by atoms with Crippen LogP contribution in [0.25, 0.3) is 5.82 Å². The number of nitrogens with one attached hydrogen (secondary N) is 1. The van der Waals surface area contributed by atoms with Crippen molar-refractivity contribution in [3.63, 3.8) is 0 Å². The van der Waals surface area contributed by atoms with Crippen molar-refractivity contribution >= 4 is 5.91 Å². The first-order valence-electron chi connectivity index (χ1n) is 9.11. The SMILES string of the molecule is COc1ccc(OCC(=O)NCCn2nc(-n3nc(C)cc3C)ccc2=O)cc1. The Kier molecular flexibility index (Phi) is 6.28. The molecule has 0 spiro atoms. The van der Waals surface area contributed by atoms with Gasteiger partial charge in [0.25, 0.3) is 11.5 Å². The van der Waals surface area contributed by atoms with Crippen molar-refractivity contribution in [1.29, 1.82) is 0 Å². The van der Waals surface area contributed by atoms with E-state index in [2.05, 4.69) is 15.5 Å². The molecule has 2 heterocycles. The number of aromatic nitrogens is 4. The minimum Gasteiger partial charge on any atom is -0.497 e. The zero-order valence-corrected chi connectivity index (χ0v) is 16.6. The Morgan fingerprint density at radius 3 is 2.45 bits per heavy atom. The highest BCUT2D eigenvalue weighted by Crippen LogP contribution is 2.16. The molecule has 0 radical (unpaired) electrons. The molecule has 29 heavy (non-hydrogen) atoms. The molecule has 0 aliphatic carbocycles. The van der Waals surface area contributed by atoms with Gasteiger partial charge < -0.3 is 14.8 Å². The predicted molar refractivity (Wildman–Crippen MR) is 107 cm³/mol. The lowest BCUT2D eigenvalue weighted by Crippen LogP contribution is -2.34. The second-order valence-corrected chi connectivity index (χ2v) is 6.41. The van der Waals surface area contributed by atoms with E-state index < -0.39 is 0 Å². The molecule has 0 aliphatic heterocycles. The average molecular weight is 397 g/mol. The van der Waals surface area contributed by atoms with E-state index in [1.54, 1.807) is 42.1 Å². The lowest BCUT2D eigenvalue weighted by Gasteiger charge is -2.10. The highest BCUT2D eigenvalue weighted by molar-refractivity contribution is 5.77. The maximum absolute atomic E-state index is 12.1. The molecule has 9 heteroatoms. The number of ether oxygens (including phenoxy) is 2. The third-order valence-corrected chi connectivity index (χ3v) is 4.15. The molecule has 0 atom stereocenters. The van der Waals surface area contributed by atoms with Crippen molar-refractivity contribution in [2.75, 3.05) is 20.3 Å². The van der Waals surface area contributed by atoms with Gasteiger partial charge in [-0.3, -0.25) is 9.59 Å². The van der Waals surface area contributed by atoms with Crippen LogP contribution in [0.2, 0.25) is 0 Å². The number of methoxy groups -OCH3 is 1. The minimum absolute atomic E-state index is 0.125. The van der Waals surface area contributed by atoms with Gasteiger partial charge in [0.05, 0.1) is 19.3 Å². The van der Waals surface area contributed by atoms with Gasteiger partial charge in [-0.2, -0.15) is 5.10 Å². The number of aryl methyl sites for hydroxylation is 2. The molecule has 2 aromatic heterocycles. The van der Waals surface area contributed by atoms with Gasteiger partial charge >= 0.3 is 0 Å². The Balaban J connectivity index is 1.53. The van der Waals surface area contributed by atoms with Crippen LogP contribution in [0, 0.1) is 13.8 Å². The van der Waals surface area contributed by atoms with Gasteiger partial charge in [-0.05, 0) is 50.2 Å². The number of hydrogen-bond donors (Lipinski definition) is 1. The molecule has 152 valence electrons. The summed E-state index contributed by atoms with van der Waals surface area (Å²) in [5.41, 5.74) is 1.54. The number of hydrogen-bond acceptors (Lipinski definition) is 6. The summed E-state index contributed by atoms with van der Waals surface area (Å²) in [5, 5.41) is 11.4. The third kappa shape index (κ3) is 5.22. The molecule has 1 N–H and O–H groups in total. The molecule has 0 aliphatic rings. The maximum atomic E-state index is 12.1. The van der Waals surface area contributed by atoms with E-state index in [9.17, 15) is 9.59 Å². The summed E-state index contributed by atoms with van der Waals surface area (Å²) in [6.07, 6.45) is 0. The minimum atomic E-state index is -0.288. The van der Waals surface area contributed by atoms with Crippen molar-refractivity contribution in [1.82, 2.24) is 24.9 Å². The van der Waals surface area contributed by atoms with Gasteiger partial charge in [0, 0.05) is 18.3 Å². The van der Waals surface area contributed by atoms with Gasteiger partial charge in [-0.25, -0.2) is 9.36 Å². The van der Waals surface area contributed by atoms with Crippen LogP contribution in [-0.2, 0) is 11.3 Å². The summed E-state index contributed by atoms with van der Waals surface area (Å²) < 4.78 is 13.5. The summed E-state index contributed by atoms with van der Waals surface area (Å²) in [6.45, 7) is 4.17. The summed E-state index contributed by atoms with van der Waals surface area (Å²) in [5.74, 6) is 1.53. The van der Waals surface area contributed by atoms with Gasteiger partial charge in [0.2, 0.25) is 0 Å². The fraction of sp³-hybridized carbons (Fsp3) is 0.300. The van der Waals surface area contributed by atoms with Gasteiger partial charge in [-0.15, -0.1) is 5.10 Å². The highest BCUT2D eigenvalue weighted by Gasteiger charge is 2.08. The van der Waals surface area contributed by atoms with Crippen LogP contribution in [0.1, 0.15) is 11.4 Å². The van der Waals surface area contributed by atoms with Crippen LogP contribution in [0.5, 0.6) is 11.5 Å². The summed E-state index contributed by atoms with van der Waals surface area (Å²) >= 11 is 0. The lowest BCUT2D eigenvalue weighted by atomic mass is 10.3. The van der Waals surface area contributed by atoms with E-state index in [1.165, 1.54) is 10.7 Å². The zero-order valence-electron chi connectivity index (χ0n) is 16.6. The molecular formula is C20H23N5O4. The second kappa shape index (κ2) is 9.05.